The summed E-state index contributed by atoms with van der Waals surface area (Å²) in [4.78, 5) is 14.5. The molecular formula is C13H15NO3. The van der Waals surface area contributed by atoms with Crippen LogP contribution in [0, 0.1) is 6.92 Å². The summed E-state index contributed by atoms with van der Waals surface area (Å²) in [5.74, 6) is 0.745. The molecule has 4 heteroatoms. The molecule has 0 aliphatic heterocycles. The second-order valence-corrected chi connectivity index (χ2v) is 4.40. The molecular weight excluding hydrogens is 218 g/mol. The first-order valence-electron chi connectivity index (χ1n) is 5.61. The van der Waals surface area contributed by atoms with E-state index in [1.54, 1.807) is 25.3 Å². The highest BCUT2D eigenvalue weighted by Gasteiger charge is 2.43. The molecule has 0 heterocycles. The zero-order valence-corrected chi connectivity index (χ0v) is 9.99. The van der Waals surface area contributed by atoms with Crippen LogP contribution in [0.4, 0.5) is 0 Å². The van der Waals surface area contributed by atoms with Crippen molar-refractivity contribution in [1.29, 1.82) is 0 Å². The Morgan fingerprint density at radius 2 is 2.18 bits per heavy atom. The van der Waals surface area contributed by atoms with Gasteiger partial charge in [0.1, 0.15) is 17.0 Å². The van der Waals surface area contributed by atoms with Gasteiger partial charge in [-0.15, -0.1) is 0 Å². The molecule has 0 spiro atoms. The average molecular weight is 233 g/mol. The number of nitrogens with zero attached hydrogens (tertiary/aromatic N) is 1. The molecule has 1 aromatic carbocycles. The lowest BCUT2D eigenvalue weighted by atomic mass is 9.71. The van der Waals surface area contributed by atoms with Crippen molar-refractivity contribution in [3.63, 3.8) is 0 Å². The van der Waals surface area contributed by atoms with Gasteiger partial charge in [-0.1, -0.05) is 6.07 Å². The lowest BCUT2D eigenvalue weighted by Gasteiger charge is -2.38. The number of aliphatic imine (C=N–C) groups is 1. The fraction of sp³-hybridized carbons (Fsp3) is 0.462. The number of phenols is 1. The molecule has 17 heavy (non-hydrogen) atoms. The molecule has 1 aliphatic rings. The van der Waals surface area contributed by atoms with Gasteiger partial charge < -0.3 is 9.84 Å². The van der Waals surface area contributed by atoms with Crippen molar-refractivity contribution in [3.8, 4) is 11.5 Å². The van der Waals surface area contributed by atoms with Gasteiger partial charge >= 0.3 is 0 Å². The van der Waals surface area contributed by atoms with Gasteiger partial charge in [-0.2, -0.15) is 4.99 Å². The van der Waals surface area contributed by atoms with E-state index < -0.39 is 5.54 Å². The largest absolute Gasteiger partial charge is 0.507 e. The Kier molecular flexibility index (Phi) is 2.90. The summed E-state index contributed by atoms with van der Waals surface area (Å²) in [6.45, 7) is 1.81. The third kappa shape index (κ3) is 1.71. The molecule has 1 saturated carbocycles. The molecule has 1 aliphatic carbocycles. The van der Waals surface area contributed by atoms with Crippen molar-refractivity contribution < 1.29 is 14.6 Å². The van der Waals surface area contributed by atoms with Crippen LogP contribution in [-0.2, 0) is 10.3 Å². The number of hydrogen-bond acceptors (Lipinski definition) is 4. The zero-order valence-electron chi connectivity index (χ0n) is 9.99. The van der Waals surface area contributed by atoms with Crippen LogP contribution in [-0.4, -0.2) is 18.3 Å². The number of hydrogen-bond donors (Lipinski definition) is 1. The van der Waals surface area contributed by atoms with Crippen LogP contribution >= 0.6 is 0 Å². The van der Waals surface area contributed by atoms with Crippen LogP contribution in [0.5, 0.6) is 11.5 Å². The van der Waals surface area contributed by atoms with E-state index in [4.69, 9.17) is 4.74 Å². The van der Waals surface area contributed by atoms with Gasteiger partial charge in [0.2, 0.25) is 6.08 Å². The number of aromatic hydroxyl groups is 1. The van der Waals surface area contributed by atoms with Crippen LogP contribution in [0.1, 0.15) is 30.4 Å². The van der Waals surface area contributed by atoms with Gasteiger partial charge in [0.05, 0.1) is 12.7 Å². The number of ether oxygens (including phenoxy) is 1. The average Bonchev–Trinajstić information content (AvgIpc) is 2.28. The van der Waals surface area contributed by atoms with Crippen LogP contribution in [0.25, 0.3) is 0 Å². The van der Waals surface area contributed by atoms with E-state index in [0.717, 1.165) is 24.8 Å². The maximum atomic E-state index is 10.6. The normalized spacial score (nSPS) is 16.8. The summed E-state index contributed by atoms with van der Waals surface area (Å²) in [7, 11) is 1.55. The number of phenolic OH excluding ortho intramolecular Hbond substituents is 1. The fourth-order valence-corrected chi connectivity index (χ4v) is 2.31. The van der Waals surface area contributed by atoms with Crippen LogP contribution in [0.3, 0.4) is 0 Å². The Hall–Kier alpha value is -1.80. The Morgan fingerprint density at radius 3 is 2.65 bits per heavy atom. The maximum Gasteiger partial charge on any atom is 0.235 e. The molecule has 4 nitrogen and oxygen atoms in total. The Balaban J connectivity index is 2.63. The van der Waals surface area contributed by atoms with Gasteiger partial charge in [-0.3, -0.25) is 0 Å². The second-order valence-electron chi connectivity index (χ2n) is 4.40. The summed E-state index contributed by atoms with van der Waals surface area (Å²) < 4.78 is 5.26. The van der Waals surface area contributed by atoms with E-state index in [0.29, 0.717) is 11.3 Å². The van der Waals surface area contributed by atoms with Crippen molar-refractivity contribution in [2.24, 2.45) is 4.99 Å². The lowest BCUT2D eigenvalue weighted by molar-refractivity contribution is 0.237. The van der Waals surface area contributed by atoms with E-state index >= 15 is 0 Å². The van der Waals surface area contributed by atoms with Crippen molar-refractivity contribution in [3.05, 3.63) is 23.3 Å². The molecule has 0 aromatic heterocycles. The second kappa shape index (κ2) is 4.22. The van der Waals surface area contributed by atoms with E-state index in [1.807, 2.05) is 6.92 Å². The number of isocyanates is 1. The molecule has 1 fully saturated rings. The Morgan fingerprint density at radius 1 is 1.47 bits per heavy atom. The van der Waals surface area contributed by atoms with Crippen LogP contribution in [0.15, 0.2) is 17.1 Å². The van der Waals surface area contributed by atoms with Crippen molar-refractivity contribution >= 4 is 6.08 Å². The minimum atomic E-state index is -0.636. The SMILES string of the molecule is COc1ccc(C)c(O)c1C1(N=C=O)CCC1. The van der Waals surface area contributed by atoms with E-state index in [9.17, 15) is 9.90 Å². The summed E-state index contributed by atoms with van der Waals surface area (Å²) in [5, 5.41) is 10.2. The number of carbonyl (C=O) groups excluding carboxylic acids is 1. The van der Waals surface area contributed by atoms with Crippen LogP contribution in [0.2, 0.25) is 0 Å². The smallest absolute Gasteiger partial charge is 0.235 e. The Bertz CT molecular complexity index is 486. The van der Waals surface area contributed by atoms with E-state index in [1.165, 1.54) is 0 Å². The van der Waals surface area contributed by atoms with Gasteiger partial charge in [-0.05, 0) is 37.8 Å². The molecule has 0 bridgehead atoms. The summed E-state index contributed by atoms with van der Waals surface area (Å²) in [6.07, 6.45) is 4.09. The van der Waals surface area contributed by atoms with Gasteiger partial charge in [-0.25, -0.2) is 4.79 Å². The first kappa shape index (κ1) is 11.7. The standard InChI is InChI=1S/C13H15NO3/c1-9-4-5-10(17-2)11(12(9)16)13(14-8-15)6-3-7-13/h4-5,16H,3,6-7H2,1-2H3. The maximum absolute atomic E-state index is 10.6. The predicted molar refractivity (Wildman–Crippen MR) is 63.0 cm³/mol. The highest BCUT2D eigenvalue weighted by molar-refractivity contribution is 5.55. The van der Waals surface area contributed by atoms with Crippen molar-refractivity contribution in [2.75, 3.05) is 7.11 Å². The molecule has 90 valence electrons. The predicted octanol–water partition coefficient (Wildman–Crippen LogP) is 2.42. The molecule has 0 saturated heterocycles. The Labute approximate surface area is 99.9 Å². The molecule has 1 aromatic rings. The zero-order chi connectivity index (χ0) is 12.5. The number of rotatable bonds is 3. The fourth-order valence-electron chi connectivity index (χ4n) is 2.31. The number of methoxy groups -OCH3 is 1. The topological polar surface area (TPSA) is 58.9 Å². The van der Waals surface area contributed by atoms with Crippen molar-refractivity contribution in [2.45, 2.75) is 31.7 Å². The van der Waals surface area contributed by atoms with E-state index in [2.05, 4.69) is 4.99 Å². The first-order chi connectivity index (χ1) is 8.14. The minimum Gasteiger partial charge on any atom is -0.507 e. The first-order valence-corrected chi connectivity index (χ1v) is 5.61. The van der Waals surface area contributed by atoms with Gasteiger partial charge in [0.15, 0.2) is 0 Å². The van der Waals surface area contributed by atoms with Crippen molar-refractivity contribution in [1.82, 2.24) is 0 Å². The molecule has 0 atom stereocenters. The quantitative estimate of drug-likeness (QED) is 0.644. The van der Waals surface area contributed by atoms with Gasteiger partial charge in [0.25, 0.3) is 0 Å². The van der Waals surface area contributed by atoms with Crippen LogP contribution < -0.4 is 4.74 Å². The molecule has 1 N–H and O–H groups in total. The molecule has 0 amide bonds. The summed E-state index contributed by atoms with van der Waals surface area (Å²) in [6, 6.07) is 3.58. The van der Waals surface area contributed by atoms with E-state index in [-0.39, 0.29) is 5.75 Å². The molecule has 0 radical (unpaired) electrons. The minimum absolute atomic E-state index is 0.169. The highest BCUT2D eigenvalue weighted by atomic mass is 16.5. The monoisotopic (exact) mass is 233 g/mol. The lowest BCUT2D eigenvalue weighted by Crippen LogP contribution is -2.32. The molecule has 0 unspecified atom stereocenters. The summed E-state index contributed by atoms with van der Waals surface area (Å²) in [5.41, 5.74) is 0.742. The highest BCUT2D eigenvalue weighted by Crippen LogP contribution is 2.52. The van der Waals surface area contributed by atoms with Gasteiger partial charge in [0, 0.05) is 0 Å². The third-order valence-corrected chi connectivity index (χ3v) is 3.47. The number of benzene rings is 1. The molecule has 2 rings (SSSR count). The third-order valence-electron chi connectivity index (χ3n) is 3.47. The summed E-state index contributed by atoms with van der Waals surface area (Å²) >= 11 is 0. The number of aryl methyl sites for hydroxylation is 1.